The lowest BCUT2D eigenvalue weighted by Crippen LogP contribution is -2.12. The molecule has 0 amide bonds. The van der Waals surface area contributed by atoms with Crippen molar-refractivity contribution in [2.24, 2.45) is 0 Å². The van der Waals surface area contributed by atoms with Crippen molar-refractivity contribution in [1.82, 2.24) is 10.3 Å². The molecule has 4 heteroatoms. The van der Waals surface area contributed by atoms with Gasteiger partial charge in [0.2, 0.25) is 0 Å². The van der Waals surface area contributed by atoms with Crippen molar-refractivity contribution >= 4 is 11.3 Å². The van der Waals surface area contributed by atoms with E-state index in [1.165, 1.54) is 10.9 Å². The number of benzene rings is 1. The lowest BCUT2D eigenvalue weighted by Gasteiger charge is -2.03. The predicted octanol–water partition coefficient (Wildman–Crippen LogP) is 2.88. The highest BCUT2D eigenvalue weighted by molar-refractivity contribution is 7.09. The Hall–Kier alpha value is -1.26. The van der Waals surface area contributed by atoms with Crippen molar-refractivity contribution in [3.63, 3.8) is 0 Å². The summed E-state index contributed by atoms with van der Waals surface area (Å²) >= 11 is 1.64. The molecule has 0 atom stereocenters. The van der Waals surface area contributed by atoms with Crippen LogP contribution in [0.5, 0.6) is 0 Å². The molecular formula is C12H13FN2S. The van der Waals surface area contributed by atoms with Gasteiger partial charge in [-0.15, -0.1) is 11.3 Å². The fourth-order valence-corrected chi connectivity index (χ4v) is 2.21. The molecule has 0 aliphatic heterocycles. The molecule has 16 heavy (non-hydrogen) atoms. The van der Waals surface area contributed by atoms with E-state index >= 15 is 0 Å². The predicted molar refractivity (Wildman–Crippen MR) is 63.8 cm³/mol. The van der Waals surface area contributed by atoms with Gasteiger partial charge in [0.05, 0.1) is 11.2 Å². The summed E-state index contributed by atoms with van der Waals surface area (Å²) in [6.45, 7) is 3.46. The molecule has 1 heterocycles. The quantitative estimate of drug-likeness (QED) is 0.883. The topological polar surface area (TPSA) is 24.9 Å². The van der Waals surface area contributed by atoms with Crippen molar-refractivity contribution in [3.8, 4) is 0 Å². The average Bonchev–Trinajstić information content (AvgIpc) is 2.65. The molecule has 0 unspecified atom stereocenters. The Bertz CT molecular complexity index is 468. The summed E-state index contributed by atoms with van der Waals surface area (Å²) in [7, 11) is 0. The number of thiazole rings is 1. The Balaban J connectivity index is 1.87. The van der Waals surface area contributed by atoms with Gasteiger partial charge in [0.15, 0.2) is 0 Å². The molecule has 0 radical (unpaired) electrons. The van der Waals surface area contributed by atoms with Crippen LogP contribution in [-0.2, 0) is 13.1 Å². The number of rotatable bonds is 4. The first-order valence-electron chi connectivity index (χ1n) is 5.10. The van der Waals surface area contributed by atoms with E-state index in [9.17, 15) is 4.39 Å². The lowest BCUT2D eigenvalue weighted by atomic mass is 10.2. The summed E-state index contributed by atoms with van der Waals surface area (Å²) in [5.41, 5.74) is 3.87. The number of hydrogen-bond acceptors (Lipinski definition) is 3. The van der Waals surface area contributed by atoms with Gasteiger partial charge in [0.25, 0.3) is 0 Å². The van der Waals surface area contributed by atoms with Crippen LogP contribution < -0.4 is 5.32 Å². The maximum Gasteiger partial charge on any atom is 0.123 e. The molecular weight excluding hydrogens is 223 g/mol. The minimum absolute atomic E-state index is 0.187. The van der Waals surface area contributed by atoms with Gasteiger partial charge in [-0.2, -0.15) is 0 Å². The molecule has 1 aromatic carbocycles. The highest BCUT2D eigenvalue weighted by atomic mass is 32.1. The monoisotopic (exact) mass is 236 g/mol. The average molecular weight is 236 g/mol. The van der Waals surface area contributed by atoms with Crippen LogP contribution in [0.3, 0.4) is 0 Å². The minimum Gasteiger partial charge on any atom is -0.308 e. The molecule has 0 aliphatic rings. The van der Waals surface area contributed by atoms with Crippen LogP contribution in [0, 0.1) is 12.7 Å². The molecule has 0 saturated carbocycles. The zero-order chi connectivity index (χ0) is 11.4. The molecule has 1 N–H and O–H groups in total. The Morgan fingerprint density at radius 1 is 1.38 bits per heavy atom. The Morgan fingerprint density at radius 3 is 2.94 bits per heavy atom. The van der Waals surface area contributed by atoms with Gasteiger partial charge in [-0.1, -0.05) is 12.1 Å². The van der Waals surface area contributed by atoms with Gasteiger partial charge in [-0.3, -0.25) is 0 Å². The van der Waals surface area contributed by atoms with Gasteiger partial charge in [-0.25, -0.2) is 9.37 Å². The van der Waals surface area contributed by atoms with Crippen molar-refractivity contribution in [2.45, 2.75) is 20.0 Å². The molecule has 0 bridgehead atoms. The molecule has 84 valence electrons. The van der Waals surface area contributed by atoms with Gasteiger partial charge < -0.3 is 5.32 Å². The summed E-state index contributed by atoms with van der Waals surface area (Å²) in [5, 5.41) is 3.28. The second-order valence-corrected chi connectivity index (χ2v) is 4.53. The Kier molecular flexibility index (Phi) is 3.64. The molecule has 0 spiro atoms. The third-order valence-electron chi connectivity index (χ3n) is 2.35. The van der Waals surface area contributed by atoms with Gasteiger partial charge in [-0.05, 0) is 24.6 Å². The van der Waals surface area contributed by atoms with Gasteiger partial charge in [0, 0.05) is 18.0 Å². The smallest absolute Gasteiger partial charge is 0.123 e. The maximum absolute atomic E-state index is 12.9. The van der Waals surface area contributed by atoms with E-state index in [1.54, 1.807) is 23.5 Å². The third kappa shape index (κ3) is 2.87. The number of aryl methyl sites for hydroxylation is 1. The molecule has 2 nitrogen and oxygen atoms in total. The van der Waals surface area contributed by atoms with E-state index in [0.717, 1.165) is 17.8 Å². The second-order valence-electron chi connectivity index (χ2n) is 3.59. The summed E-state index contributed by atoms with van der Waals surface area (Å²) in [5.74, 6) is -0.187. The number of nitrogens with one attached hydrogen (secondary N) is 1. The fraction of sp³-hybridized carbons (Fsp3) is 0.250. The normalized spacial score (nSPS) is 10.6. The Labute approximate surface area is 98.2 Å². The van der Waals surface area contributed by atoms with Crippen LogP contribution in [-0.4, -0.2) is 4.98 Å². The number of halogens is 1. The van der Waals surface area contributed by atoms with Crippen LogP contribution in [0.2, 0.25) is 0 Å². The number of hydrogen-bond donors (Lipinski definition) is 1. The van der Waals surface area contributed by atoms with Crippen LogP contribution in [0.1, 0.15) is 16.1 Å². The molecule has 1 aromatic heterocycles. The van der Waals surface area contributed by atoms with E-state index in [2.05, 4.69) is 10.3 Å². The highest BCUT2D eigenvalue weighted by Crippen LogP contribution is 2.11. The minimum atomic E-state index is -0.187. The van der Waals surface area contributed by atoms with Crippen LogP contribution >= 0.6 is 11.3 Å². The third-order valence-corrected chi connectivity index (χ3v) is 3.28. The molecule has 2 aromatic rings. The maximum atomic E-state index is 12.9. The van der Waals surface area contributed by atoms with E-state index in [0.29, 0.717) is 6.54 Å². The lowest BCUT2D eigenvalue weighted by molar-refractivity contribution is 0.620. The second kappa shape index (κ2) is 5.18. The van der Waals surface area contributed by atoms with E-state index in [-0.39, 0.29) is 5.82 Å². The van der Waals surface area contributed by atoms with Crippen LogP contribution in [0.4, 0.5) is 4.39 Å². The SMILES string of the molecule is Cc1ncsc1CNCc1cccc(F)c1. The molecule has 0 aliphatic carbocycles. The van der Waals surface area contributed by atoms with Crippen molar-refractivity contribution in [1.29, 1.82) is 0 Å². The van der Waals surface area contributed by atoms with Crippen LogP contribution in [0.25, 0.3) is 0 Å². The van der Waals surface area contributed by atoms with Gasteiger partial charge >= 0.3 is 0 Å². The first-order valence-corrected chi connectivity index (χ1v) is 5.98. The fourth-order valence-electron chi connectivity index (χ4n) is 1.46. The number of nitrogens with zero attached hydrogens (tertiary/aromatic N) is 1. The van der Waals surface area contributed by atoms with Crippen LogP contribution in [0.15, 0.2) is 29.8 Å². The summed E-state index contributed by atoms with van der Waals surface area (Å²) < 4.78 is 12.9. The number of aromatic nitrogens is 1. The van der Waals surface area contributed by atoms with E-state index < -0.39 is 0 Å². The highest BCUT2D eigenvalue weighted by Gasteiger charge is 2.00. The van der Waals surface area contributed by atoms with E-state index in [1.807, 2.05) is 18.5 Å². The van der Waals surface area contributed by atoms with Crippen molar-refractivity contribution < 1.29 is 4.39 Å². The van der Waals surface area contributed by atoms with Crippen molar-refractivity contribution in [2.75, 3.05) is 0 Å². The zero-order valence-corrected chi connectivity index (χ0v) is 9.85. The summed E-state index contributed by atoms with van der Waals surface area (Å²) in [6, 6.07) is 6.64. The first kappa shape index (κ1) is 11.2. The standard InChI is InChI=1S/C12H13FN2S/c1-9-12(16-8-15-9)7-14-6-10-3-2-4-11(13)5-10/h2-5,8,14H,6-7H2,1H3. The largest absolute Gasteiger partial charge is 0.308 e. The first-order chi connectivity index (χ1) is 7.75. The summed E-state index contributed by atoms with van der Waals surface area (Å²) in [6.07, 6.45) is 0. The summed E-state index contributed by atoms with van der Waals surface area (Å²) in [4.78, 5) is 5.41. The zero-order valence-electron chi connectivity index (χ0n) is 9.03. The van der Waals surface area contributed by atoms with Crippen molar-refractivity contribution in [3.05, 3.63) is 51.7 Å². The van der Waals surface area contributed by atoms with Gasteiger partial charge in [0.1, 0.15) is 5.82 Å². The Morgan fingerprint density at radius 2 is 2.25 bits per heavy atom. The molecule has 2 rings (SSSR count). The molecule has 0 fully saturated rings. The molecule has 0 saturated heterocycles. The van der Waals surface area contributed by atoms with E-state index in [4.69, 9.17) is 0 Å².